The molecule has 0 unspecified atom stereocenters. The van der Waals surface area contributed by atoms with Crippen molar-refractivity contribution in [2.45, 2.75) is 31.8 Å². The van der Waals surface area contributed by atoms with Gasteiger partial charge >= 0.3 is 0 Å². The third-order valence-electron chi connectivity index (χ3n) is 2.68. The Morgan fingerprint density at radius 1 is 1.60 bits per heavy atom. The smallest absolute Gasteiger partial charge is 0.191 e. The minimum Gasteiger partial charge on any atom is -0.467 e. The Labute approximate surface area is 89.8 Å². The summed E-state index contributed by atoms with van der Waals surface area (Å²) in [6, 6.07) is 4.44. The molecule has 4 nitrogen and oxygen atoms in total. The normalized spacial score (nSPS) is 17.3. The Morgan fingerprint density at radius 3 is 3.00 bits per heavy atom. The first-order valence-electron chi connectivity index (χ1n) is 5.38. The molecular formula is C11H17N3O. The van der Waals surface area contributed by atoms with E-state index in [0.29, 0.717) is 12.6 Å². The van der Waals surface area contributed by atoms with Gasteiger partial charge in [-0.25, -0.2) is 0 Å². The first-order chi connectivity index (χ1) is 7.38. The van der Waals surface area contributed by atoms with Crippen LogP contribution in [0.4, 0.5) is 0 Å². The van der Waals surface area contributed by atoms with Gasteiger partial charge in [-0.05, 0) is 31.4 Å². The van der Waals surface area contributed by atoms with E-state index in [0.717, 1.165) is 11.7 Å². The summed E-state index contributed by atoms with van der Waals surface area (Å²) in [6.07, 6.45) is 5.51. The predicted molar refractivity (Wildman–Crippen MR) is 59.7 cm³/mol. The van der Waals surface area contributed by atoms with E-state index < -0.39 is 0 Å². The Hall–Kier alpha value is -1.45. The highest BCUT2D eigenvalue weighted by molar-refractivity contribution is 5.79. The lowest BCUT2D eigenvalue weighted by Crippen LogP contribution is -2.45. The van der Waals surface area contributed by atoms with E-state index in [2.05, 4.69) is 15.6 Å². The largest absolute Gasteiger partial charge is 0.467 e. The van der Waals surface area contributed by atoms with Crippen molar-refractivity contribution in [3.8, 4) is 0 Å². The molecule has 4 heteroatoms. The predicted octanol–water partition coefficient (Wildman–Crippen LogP) is 1.50. The second kappa shape index (κ2) is 4.87. The van der Waals surface area contributed by atoms with Gasteiger partial charge in [0.15, 0.2) is 5.96 Å². The number of nitrogens with one attached hydrogen (secondary N) is 2. The fraction of sp³-hybridized carbons (Fsp3) is 0.545. The summed E-state index contributed by atoms with van der Waals surface area (Å²) in [4.78, 5) is 4.16. The van der Waals surface area contributed by atoms with Crippen LogP contribution >= 0.6 is 0 Å². The van der Waals surface area contributed by atoms with Crippen LogP contribution in [0.25, 0.3) is 0 Å². The number of hydrogen-bond donors (Lipinski definition) is 2. The van der Waals surface area contributed by atoms with Gasteiger partial charge < -0.3 is 15.1 Å². The average molecular weight is 207 g/mol. The molecule has 0 aliphatic heterocycles. The van der Waals surface area contributed by atoms with Gasteiger partial charge in [0.1, 0.15) is 5.76 Å². The van der Waals surface area contributed by atoms with Gasteiger partial charge in [-0.15, -0.1) is 0 Å². The maximum atomic E-state index is 5.23. The van der Waals surface area contributed by atoms with Gasteiger partial charge in [-0.3, -0.25) is 4.99 Å². The van der Waals surface area contributed by atoms with Crippen molar-refractivity contribution >= 4 is 5.96 Å². The number of rotatable bonds is 3. The third-order valence-corrected chi connectivity index (χ3v) is 2.68. The Bertz CT molecular complexity index is 315. The molecule has 0 aromatic carbocycles. The van der Waals surface area contributed by atoms with E-state index in [1.807, 2.05) is 12.1 Å². The van der Waals surface area contributed by atoms with Crippen molar-refractivity contribution in [2.75, 3.05) is 7.05 Å². The molecule has 2 N–H and O–H groups in total. The number of furan rings is 1. The zero-order valence-electron chi connectivity index (χ0n) is 8.99. The second-order valence-corrected chi connectivity index (χ2v) is 3.78. The average Bonchev–Trinajstić information content (AvgIpc) is 2.68. The molecule has 1 aromatic heterocycles. The quantitative estimate of drug-likeness (QED) is 0.583. The molecule has 1 heterocycles. The van der Waals surface area contributed by atoms with E-state index in [9.17, 15) is 0 Å². The van der Waals surface area contributed by atoms with Crippen LogP contribution in [-0.2, 0) is 6.54 Å². The second-order valence-electron chi connectivity index (χ2n) is 3.78. The molecule has 1 aliphatic carbocycles. The summed E-state index contributed by atoms with van der Waals surface area (Å²) < 4.78 is 5.23. The van der Waals surface area contributed by atoms with Gasteiger partial charge in [0.05, 0.1) is 12.8 Å². The third kappa shape index (κ3) is 2.75. The molecule has 1 saturated carbocycles. The molecule has 1 aliphatic rings. The molecule has 15 heavy (non-hydrogen) atoms. The van der Waals surface area contributed by atoms with Crippen LogP contribution in [0.15, 0.2) is 27.8 Å². The summed E-state index contributed by atoms with van der Waals surface area (Å²) in [5.74, 6) is 1.78. The monoisotopic (exact) mass is 207 g/mol. The van der Waals surface area contributed by atoms with Gasteiger partial charge in [0.25, 0.3) is 0 Å². The fourth-order valence-electron chi connectivity index (χ4n) is 1.52. The number of nitrogens with zero attached hydrogens (tertiary/aromatic N) is 1. The molecule has 1 aromatic rings. The van der Waals surface area contributed by atoms with Gasteiger partial charge in [0.2, 0.25) is 0 Å². The van der Waals surface area contributed by atoms with Crippen LogP contribution in [0.2, 0.25) is 0 Å². The van der Waals surface area contributed by atoms with Crippen molar-refractivity contribution in [1.29, 1.82) is 0 Å². The Balaban J connectivity index is 1.75. The van der Waals surface area contributed by atoms with E-state index >= 15 is 0 Å². The maximum absolute atomic E-state index is 5.23. The van der Waals surface area contributed by atoms with E-state index in [1.54, 1.807) is 13.3 Å². The number of aliphatic imine (C=N–C) groups is 1. The van der Waals surface area contributed by atoms with Gasteiger partial charge in [-0.2, -0.15) is 0 Å². The van der Waals surface area contributed by atoms with Crippen molar-refractivity contribution < 1.29 is 4.42 Å². The molecule has 1 fully saturated rings. The van der Waals surface area contributed by atoms with Crippen LogP contribution in [0.1, 0.15) is 25.0 Å². The maximum Gasteiger partial charge on any atom is 0.191 e. The minimum atomic E-state index is 0.604. The van der Waals surface area contributed by atoms with Crippen molar-refractivity contribution in [2.24, 2.45) is 4.99 Å². The number of hydrogen-bond acceptors (Lipinski definition) is 2. The molecular weight excluding hydrogens is 190 g/mol. The van der Waals surface area contributed by atoms with Gasteiger partial charge in [0, 0.05) is 13.1 Å². The lowest BCUT2D eigenvalue weighted by molar-refractivity contribution is 0.379. The molecule has 0 spiro atoms. The van der Waals surface area contributed by atoms with Crippen molar-refractivity contribution in [3.05, 3.63) is 24.2 Å². The highest BCUT2D eigenvalue weighted by Crippen LogP contribution is 2.17. The van der Waals surface area contributed by atoms with Crippen LogP contribution < -0.4 is 10.6 Å². The molecule has 0 amide bonds. The summed E-state index contributed by atoms with van der Waals surface area (Å²) in [6.45, 7) is 0.680. The highest BCUT2D eigenvalue weighted by atomic mass is 16.3. The number of guanidine groups is 1. The van der Waals surface area contributed by atoms with Crippen LogP contribution in [0, 0.1) is 0 Å². The van der Waals surface area contributed by atoms with E-state index in [4.69, 9.17) is 4.42 Å². The molecule has 0 radical (unpaired) electrons. The molecule has 0 bridgehead atoms. The SMILES string of the molecule is CN=C(NCc1ccco1)NC1CCC1. The summed E-state index contributed by atoms with van der Waals surface area (Å²) in [7, 11) is 1.79. The Kier molecular flexibility index (Phi) is 3.27. The van der Waals surface area contributed by atoms with E-state index in [-0.39, 0.29) is 0 Å². The lowest BCUT2D eigenvalue weighted by atomic mass is 9.93. The summed E-state index contributed by atoms with van der Waals surface area (Å²) in [5, 5.41) is 6.58. The zero-order valence-corrected chi connectivity index (χ0v) is 8.99. The molecule has 2 rings (SSSR count). The van der Waals surface area contributed by atoms with Crippen LogP contribution in [-0.4, -0.2) is 19.0 Å². The first-order valence-corrected chi connectivity index (χ1v) is 5.38. The topological polar surface area (TPSA) is 49.6 Å². The molecule has 82 valence electrons. The Morgan fingerprint density at radius 2 is 2.47 bits per heavy atom. The lowest BCUT2D eigenvalue weighted by Gasteiger charge is -2.28. The molecule has 0 atom stereocenters. The fourth-order valence-corrected chi connectivity index (χ4v) is 1.52. The molecule has 0 saturated heterocycles. The standard InChI is InChI=1S/C11H17N3O/c1-12-11(14-9-4-2-5-9)13-8-10-6-3-7-15-10/h3,6-7,9H,2,4-5,8H2,1H3,(H2,12,13,14). The van der Waals surface area contributed by atoms with Gasteiger partial charge in [-0.1, -0.05) is 0 Å². The van der Waals surface area contributed by atoms with Crippen LogP contribution in [0.3, 0.4) is 0 Å². The summed E-state index contributed by atoms with van der Waals surface area (Å²) in [5.41, 5.74) is 0. The first kappa shape index (κ1) is 10.1. The van der Waals surface area contributed by atoms with Crippen molar-refractivity contribution in [1.82, 2.24) is 10.6 Å². The van der Waals surface area contributed by atoms with Crippen molar-refractivity contribution in [3.63, 3.8) is 0 Å². The summed E-state index contributed by atoms with van der Waals surface area (Å²) >= 11 is 0. The zero-order chi connectivity index (χ0) is 10.5. The highest BCUT2D eigenvalue weighted by Gasteiger charge is 2.17. The van der Waals surface area contributed by atoms with Crippen LogP contribution in [0.5, 0.6) is 0 Å². The van der Waals surface area contributed by atoms with E-state index in [1.165, 1.54) is 19.3 Å². The minimum absolute atomic E-state index is 0.604.